The Balaban J connectivity index is 1.25. The summed E-state index contributed by atoms with van der Waals surface area (Å²) in [6.45, 7) is 2.72. The summed E-state index contributed by atoms with van der Waals surface area (Å²) in [6, 6.07) is 17.7. The number of rotatable bonds is 4. The van der Waals surface area contributed by atoms with Gasteiger partial charge < -0.3 is 21.0 Å². The summed E-state index contributed by atoms with van der Waals surface area (Å²) in [4.78, 5) is 27.1. The lowest BCUT2D eigenvalue weighted by molar-refractivity contribution is -0.147. The summed E-state index contributed by atoms with van der Waals surface area (Å²) >= 11 is 0. The minimum Gasteiger partial charge on any atom is -0.355 e. The fraction of sp³-hybridized carbons (Fsp3) is 0.360. The van der Waals surface area contributed by atoms with E-state index >= 15 is 0 Å². The summed E-state index contributed by atoms with van der Waals surface area (Å²) in [5, 5.41) is 7.15. The summed E-state index contributed by atoms with van der Waals surface area (Å²) in [7, 11) is 0. The van der Waals surface area contributed by atoms with Crippen LogP contribution in [0.5, 0.6) is 0 Å². The van der Waals surface area contributed by atoms with Crippen molar-refractivity contribution >= 4 is 34.3 Å². The molecule has 0 unspecified atom stereocenters. The van der Waals surface area contributed by atoms with Gasteiger partial charge in [0.05, 0.1) is 29.2 Å². The van der Waals surface area contributed by atoms with Crippen LogP contribution in [0.3, 0.4) is 0 Å². The third-order valence-corrected chi connectivity index (χ3v) is 6.86. The highest BCUT2D eigenvalue weighted by Gasteiger charge is 2.46. The fourth-order valence-electron chi connectivity index (χ4n) is 5.01. The number of piperidine rings is 2. The van der Waals surface area contributed by atoms with Gasteiger partial charge in [0.1, 0.15) is 11.7 Å². The lowest BCUT2D eigenvalue weighted by Crippen LogP contribution is -2.55. The van der Waals surface area contributed by atoms with Crippen LogP contribution in [-0.2, 0) is 4.79 Å². The van der Waals surface area contributed by atoms with Crippen molar-refractivity contribution in [2.24, 2.45) is 16.4 Å². The van der Waals surface area contributed by atoms with Crippen LogP contribution in [0, 0.1) is 5.41 Å². The Labute approximate surface area is 193 Å². The average Bonchev–Trinajstić information content (AvgIpc) is 2.87. The van der Waals surface area contributed by atoms with E-state index in [1.165, 1.54) is 0 Å². The van der Waals surface area contributed by atoms with Gasteiger partial charge in [-0.15, -0.1) is 0 Å². The molecule has 170 valence electrons. The number of fused-ring (bicyclic) bond motifs is 1. The van der Waals surface area contributed by atoms with E-state index in [1.807, 2.05) is 65.7 Å². The Morgan fingerprint density at radius 1 is 1.00 bits per heavy atom. The van der Waals surface area contributed by atoms with E-state index in [2.05, 4.69) is 20.3 Å². The van der Waals surface area contributed by atoms with E-state index in [4.69, 9.17) is 10.8 Å². The molecule has 3 N–H and O–H groups in total. The smallest absolute Gasteiger partial charge is 0.229 e. The van der Waals surface area contributed by atoms with Gasteiger partial charge in [0, 0.05) is 25.3 Å². The molecule has 2 saturated heterocycles. The second kappa shape index (κ2) is 9.05. The molecule has 2 aliphatic heterocycles. The highest BCUT2D eigenvalue weighted by molar-refractivity contribution is 5.99. The first kappa shape index (κ1) is 21.2. The summed E-state index contributed by atoms with van der Waals surface area (Å²) in [6.07, 6.45) is 5.40. The standard InChI is InChI=1S/C25H29N7O/c26-30-22(28-19-7-2-1-3-8-19)18-32-14-6-11-25(24(32)33)12-15-31(16-13-25)23-17-27-20-9-4-5-10-21(20)29-23/h1-5,7-10,17H,6,11-16,18,26H2,(H,28,30). The summed E-state index contributed by atoms with van der Waals surface area (Å²) in [5.74, 6) is 7.34. The topological polar surface area (TPSA) is 99.7 Å². The lowest BCUT2D eigenvalue weighted by atomic mass is 9.71. The normalized spacial score (nSPS) is 18.7. The Hall–Kier alpha value is -3.68. The van der Waals surface area contributed by atoms with Crippen LogP contribution < -0.4 is 16.1 Å². The maximum atomic E-state index is 13.6. The molecule has 0 radical (unpaired) electrons. The van der Waals surface area contributed by atoms with Crippen molar-refractivity contribution in [3.05, 3.63) is 60.8 Å². The summed E-state index contributed by atoms with van der Waals surface area (Å²) < 4.78 is 0. The minimum absolute atomic E-state index is 0.217. The Bertz CT molecular complexity index is 1160. The molecule has 3 aromatic rings. The second-order valence-corrected chi connectivity index (χ2v) is 8.88. The van der Waals surface area contributed by atoms with Gasteiger partial charge in [-0.3, -0.25) is 9.78 Å². The number of nitrogens with one attached hydrogen (secondary N) is 1. The van der Waals surface area contributed by atoms with E-state index in [-0.39, 0.29) is 11.3 Å². The third kappa shape index (κ3) is 4.33. The number of likely N-dealkylation sites (tertiary alicyclic amines) is 1. The summed E-state index contributed by atoms with van der Waals surface area (Å²) in [5.41, 5.74) is 2.39. The molecule has 8 heteroatoms. The van der Waals surface area contributed by atoms with Crippen LogP contribution in [0.15, 0.2) is 65.9 Å². The Morgan fingerprint density at radius 3 is 2.48 bits per heavy atom. The van der Waals surface area contributed by atoms with Crippen LogP contribution in [0.2, 0.25) is 0 Å². The van der Waals surface area contributed by atoms with E-state index in [0.29, 0.717) is 12.4 Å². The van der Waals surface area contributed by atoms with Gasteiger partial charge in [0.25, 0.3) is 0 Å². The average molecular weight is 444 g/mol. The second-order valence-electron chi connectivity index (χ2n) is 8.88. The maximum absolute atomic E-state index is 13.6. The number of hydrazone groups is 1. The Kier molecular flexibility index (Phi) is 5.81. The molecule has 0 atom stereocenters. The number of hydrogen-bond acceptors (Lipinski definition) is 6. The fourth-order valence-corrected chi connectivity index (χ4v) is 5.01. The molecular weight excluding hydrogens is 414 g/mol. The molecule has 0 aliphatic carbocycles. The number of amides is 1. The maximum Gasteiger partial charge on any atom is 0.229 e. The van der Waals surface area contributed by atoms with Crippen molar-refractivity contribution in [2.45, 2.75) is 25.7 Å². The highest BCUT2D eigenvalue weighted by Crippen LogP contribution is 2.41. The number of nitrogens with two attached hydrogens (primary N) is 1. The number of anilines is 2. The molecule has 1 spiro atoms. The largest absolute Gasteiger partial charge is 0.355 e. The third-order valence-electron chi connectivity index (χ3n) is 6.86. The van der Waals surface area contributed by atoms with Gasteiger partial charge in [-0.1, -0.05) is 30.3 Å². The number of nitrogens with zero attached hydrogens (tertiary/aromatic N) is 5. The number of para-hydroxylation sites is 3. The molecule has 3 heterocycles. The predicted molar refractivity (Wildman–Crippen MR) is 131 cm³/mol. The number of amidine groups is 1. The van der Waals surface area contributed by atoms with Crippen LogP contribution in [0.25, 0.3) is 11.0 Å². The quantitative estimate of drug-likeness (QED) is 0.278. The van der Waals surface area contributed by atoms with Gasteiger partial charge in [-0.25, -0.2) is 4.98 Å². The van der Waals surface area contributed by atoms with Crippen molar-refractivity contribution < 1.29 is 4.79 Å². The monoisotopic (exact) mass is 443 g/mol. The molecule has 0 saturated carbocycles. The molecule has 33 heavy (non-hydrogen) atoms. The molecule has 1 amide bonds. The van der Waals surface area contributed by atoms with Crippen LogP contribution >= 0.6 is 0 Å². The van der Waals surface area contributed by atoms with Crippen molar-refractivity contribution in [1.29, 1.82) is 0 Å². The van der Waals surface area contributed by atoms with Crippen LogP contribution in [-0.4, -0.2) is 52.8 Å². The van der Waals surface area contributed by atoms with Gasteiger partial charge in [-0.05, 0) is 49.9 Å². The van der Waals surface area contributed by atoms with E-state index < -0.39 is 0 Å². The van der Waals surface area contributed by atoms with Crippen molar-refractivity contribution in [1.82, 2.24) is 14.9 Å². The van der Waals surface area contributed by atoms with Gasteiger partial charge >= 0.3 is 0 Å². The molecule has 8 nitrogen and oxygen atoms in total. The predicted octanol–water partition coefficient (Wildman–Crippen LogP) is 3.22. The highest BCUT2D eigenvalue weighted by atomic mass is 16.2. The first-order valence-electron chi connectivity index (χ1n) is 11.5. The number of carbonyl (C=O) groups excluding carboxylic acids is 1. The molecule has 2 aromatic carbocycles. The zero-order valence-electron chi connectivity index (χ0n) is 18.7. The zero-order valence-corrected chi connectivity index (χ0v) is 18.7. The number of hydrogen-bond donors (Lipinski definition) is 2. The van der Waals surface area contributed by atoms with Crippen LogP contribution in [0.4, 0.5) is 11.5 Å². The van der Waals surface area contributed by atoms with E-state index in [9.17, 15) is 4.79 Å². The zero-order chi connectivity index (χ0) is 22.7. The van der Waals surface area contributed by atoms with E-state index in [1.54, 1.807) is 0 Å². The van der Waals surface area contributed by atoms with Gasteiger partial charge in [0.2, 0.25) is 5.91 Å². The Morgan fingerprint density at radius 2 is 1.73 bits per heavy atom. The SMILES string of the molecule is N/N=C(/CN1CCCC2(CCN(c3cnc4ccccc4n3)CC2)C1=O)Nc1ccccc1. The van der Waals surface area contributed by atoms with E-state index in [0.717, 1.165) is 67.9 Å². The molecule has 2 fully saturated rings. The lowest BCUT2D eigenvalue weighted by Gasteiger charge is -2.46. The number of benzene rings is 2. The first-order chi connectivity index (χ1) is 16.2. The molecular formula is C25H29N7O. The molecule has 1 aromatic heterocycles. The van der Waals surface area contributed by atoms with Crippen LogP contribution in [0.1, 0.15) is 25.7 Å². The van der Waals surface area contributed by atoms with Gasteiger partial charge in [0.15, 0.2) is 0 Å². The minimum atomic E-state index is -0.314. The van der Waals surface area contributed by atoms with Crippen molar-refractivity contribution in [2.75, 3.05) is 36.4 Å². The number of carbonyl (C=O) groups is 1. The molecule has 2 aliphatic rings. The molecule has 5 rings (SSSR count). The van der Waals surface area contributed by atoms with Crippen molar-refractivity contribution in [3.8, 4) is 0 Å². The van der Waals surface area contributed by atoms with Crippen molar-refractivity contribution in [3.63, 3.8) is 0 Å². The molecule has 0 bridgehead atoms. The first-order valence-corrected chi connectivity index (χ1v) is 11.5. The number of aromatic nitrogens is 2. The van der Waals surface area contributed by atoms with Gasteiger partial charge in [-0.2, -0.15) is 5.10 Å².